The van der Waals surface area contributed by atoms with Crippen LogP contribution < -0.4 is 60.2 Å². The standard InChI is InChI=1S/C39H65N13O8/c1-22(2)18-29(51-37(60)30(19-26-12-8-7-9-13-26)48-32(56)21-47-31(55)20-46-25(6)54)36(59)50-27(14-10-16-44-38(40)41)34(57)49-28(15-11-17-45-39(42)43)35(58)52-33(23(3)4)24(5)53/h7-9,12-13,22-23,27-30,33H,10-11,14-21H2,1-6H3,(H,46,54)(H,47,55)(H,48,56)(H,49,57)(H,50,59)(H,51,60)(H,52,58)(H4,40,41,44)(H4,42,43,45). The number of nitrogens with one attached hydrogen (secondary N) is 7. The van der Waals surface area contributed by atoms with Crippen LogP contribution in [-0.2, 0) is 44.8 Å². The van der Waals surface area contributed by atoms with Gasteiger partial charge in [0.2, 0.25) is 41.4 Å². The van der Waals surface area contributed by atoms with Gasteiger partial charge in [0.25, 0.3) is 0 Å². The van der Waals surface area contributed by atoms with Gasteiger partial charge in [-0.05, 0) is 56.4 Å². The number of Topliss-reactive ketones (excluding diaryl/α,β-unsaturated/α-hetero) is 1. The number of nitrogens with zero attached hydrogens (tertiary/aromatic N) is 2. The number of amides is 7. The molecule has 5 atom stereocenters. The molecule has 7 amide bonds. The molecule has 0 radical (unpaired) electrons. The molecule has 0 bridgehead atoms. The SMILES string of the molecule is CC(=O)NCC(=O)NCC(=O)NC(Cc1ccccc1)C(=O)NC(CC(C)C)C(=O)NC(CCCN=C(N)N)C(=O)NC(CCCN=C(N)N)C(=O)NC(C(C)=O)C(C)C. The highest BCUT2D eigenvalue weighted by molar-refractivity contribution is 5.97. The Morgan fingerprint density at radius 1 is 0.583 bits per heavy atom. The van der Waals surface area contributed by atoms with E-state index in [1.54, 1.807) is 44.2 Å². The predicted molar refractivity (Wildman–Crippen MR) is 226 cm³/mol. The molecule has 0 spiro atoms. The first-order valence-corrected chi connectivity index (χ1v) is 19.9. The molecule has 0 aliphatic carbocycles. The third kappa shape index (κ3) is 22.0. The Bertz CT molecular complexity index is 1660. The quantitative estimate of drug-likeness (QED) is 0.0245. The second-order valence-electron chi connectivity index (χ2n) is 15.0. The molecule has 60 heavy (non-hydrogen) atoms. The number of carbonyl (C=O) groups is 8. The van der Waals surface area contributed by atoms with Crippen molar-refractivity contribution >= 4 is 59.1 Å². The summed E-state index contributed by atoms with van der Waals surface area (Å²) in [6.07, 6.45) is 0.745. The first-order chi connectivity index (χ1) is 28.2. The van der Waals surface area contributed by atoms with Crippen LogP contribution in [0.2, 0.25) is 0 Å². The number of hydrogen-bond acceptors (Lipinski definition) is 10. The number of rotatable bonds is 27. The zero-order valence-corrected chi connectivity index (χ0v) is 35.5. The van der Waals surface area contributed by atoms with E-state index < -0.39 is 78.1 Å². The van der Waals surface area contributed by atoms with Crippen molar-refractivity contribution in [1.29, 1.82) is 0 Å². The zero-order valence-electron chi connectivity index (χ0n) is 35.5. The molecule has 0 fully saturated rings. The number of aliphatic imine (C=N–C) groups is 2. The highest BCUT2D eigenvalue weighted by atomic mass is 16.2. The minimum atomic E-state index is -1.25. The third-order valence-electron chi connectivity index (χ3n) is 8.78. The van der Waals surface area contributed by atoms with Crippen LogP contribution in [0.1, 0.15) is 79.2 Å². The van der Waals surface area contributed by atoms with Gasteiger partial charge in [-0.15, -0.1) is 0 Å². The summed E-state index contributed by atoms with van der Waals surface area (Å²) in [5.41, 5.74) is 22.5. The number of hydrogen-bond donors (Lipinski definition) is 11. The molecule has 0 aliphatic heterocycles. The van der Waals surface area contributed by atoms with Crippen LogP contribution in [0, 0.1) is 11.8 Å². The molecule has 0 aromatic heterocycles. The Morgan fingerprint density at radius 3 is 1.52 bits per heavy atom. The third-order valence-corrected chi connectivity index (χ3v) is 8.78. The first-order valence-electron chi connectivity index (χ1n) is 19.9. The van der Waals surface area contributed by atoms with E-state index in [0.29, 0.717) is 5.56 Å². The Labute approximate surface area is 351 Å². The van der Waals surface area contributed by atoms with Crippen LogP contribution in [-0.4, -0.2) is 115 Å². The summed E-state index contributed by atoms with van der Waals surface area (Å²) in [5.74, 6) is -5.54. The lowest BCUT2D eigenvalue weighted by Crippen LogP contribution is -2.59. The molecule has 1 aromatic carbocycles. The van der Waals surface area contributed by atoms with Crippen LogP contribution in [0.25, 0.3) is 0 Å². The van der Waals surface area contributed by atoms with E-state index in [2.05, 4.69) is 47.2 Å². The van der Waals surface area contributed by atoms with Crippen LogP contribution >= 0.6 is 0 Å². The van der Waals surface area contributed by atoms with E-state index in [4.69, 9.17) is 22.9 Å². The van der Waals surface area contributed by atoms with E-state index in [1.165, 1.54) is 13.8 Å². The summed E-state index contributed by atoms with van der Waals surface area (Å²) in [4.78, 5) is 112. The Morgan fingerprint density at radius 2 is 1.05 bits per heavy atom. The molecule has 21 nitrogen and oxygen atoms in total. The summed E-state index contributed by atoms with van der Waals surface area (Å²) >= 11 is 0. The molecule has 0 saturated heterocycles. The van der Waals surface area contributed by atoms with E-state index in [9.17, 15) is 38.4 Å². The molecule has 1 aromatic rings. The predicted octanol–water partition coefficient (Wildman–Crippen LogP) is -2.70. The molecule has 21 heteroatoms. The fraction of sp³-hybridized carbons (Fsp3) is 0.590. The monoisotopic (exact) mass is 844 g/mol. The van der Waals surface area contributed by atoms with Crippen molar-refractivity contribution in [3.63, 3.8) is 0 Å². The number of carbonyl (C=O) groups excluding carboxylic acids is 8. The number of guanidine groups is 2. The zero-order chi connectivity index (χ0) is 45.4. The van der Waals surface area contributed by atoms with Gasteiger partial charge in [-0.2, -0.15) is 0 Å². The minimum Gasteiger partial charge on any atom is -0.370 e. The molecular formula is C39H65N13O8. The van der Waals surface area contributed by atoms with Crippen molar-refractivity contribution in [1.82, 2.24) is 37.2 Å². The van der Waals surface area contributed by atoms with Gasteiger partial charge in [0.15, 0.2) is 17.7 Å². The minimum absolute atomic E-state index is 0.0153. The summed E-state index contributed by atoms with van der Waals surface area (Å²) in [7, 11) is 0. The highest BCUT2D eigenvalue weighted by Crippen LogP contribution is 2.11. The van der Waals surface area contributed by atoms with Gasteiger partial charge in [0.1, 0.15) is 24.2 Å². The summed E-state index contributed by atoms with van der Waals surface area (Å²) < 4.78 is 0. The lowest BCUT2D eigenvalue weighted by atomic mass is 9.99. The van der Waals surface area contributed by atoms with Crippen LogP contribution in [0.5, 0.6) is 0 Å². The fourth-order valence-corrected chi connectivity index (χ4v) is 5.81. The Kier molecular flexibility index (Phi) is 23.6. The molecule has 15 N–H and O–H groups in total. The van der Waals surface area contributed by atoms with Crippen LogP contribution in [0.4, 0.5) is 0 Å². The van der Waals surface area contributed by atoms with E-state index in [-0.39, 0.29) is 87.7 Å². The Balaban J connectivity index is 3.40. The molecule has 334 valence electrons. The number of benzene rings is 1. The van der Waals surface area contributed by atoms with Gasteiger partial charge in [-0.3, -0.25) is 48.3 Å². The molecule has 0 heterocycles. The second kappa shape index (κ2) is 27.4. The molecule has 5 unspecified atom stereocenters. The maximum absolute atomic E-state index is 14.1. The van der Waals surface area contributed by atoms with Crippen molar-refractivity contribution in [2.75, 3.05) is 26.2 Å². The van der Waals surface area contributed by atoms with Crippen LogP contribution in [0.3, 0.4) is 0 Å². The van der Waals surface area contributed by atoms with Crippen LogP contribution in [0.15, 0.2) is 40.3 Å². The number of ketones is 1. The first kappa shape index (κ1) is 51.7. The summed E-state index contributed by atoms with van der Waals surface area (Å²) in [6.45, 7) is 9.20. The van der Waals surface area contributed by atoms with Gasteiger partial charge < -0.3 is 60.2 Å². The van der Waals surface area contributed by atoms with E-state index in [1.807, 2.05) is 13.8 Å². The van der Waals surface area contributed by atoms with Gasteiger partial charge >= 0.3 is 0 Å². The van der Waals surface area contributed by atoms with Crippen molar-refractivity contribution < 1.29 is 38.4 Å². The average Bonchev–Trinajstić information content (AvgIpc) is 3.16. The van der Waals surface area contributed by atoms with E-state index >= 15 is 0 Å². The average molecular weight is 844 g/mol. The van der Waals surface area contributed by atoms with Crippen molar-refractivity contribution in [2.45, 2.75) is 110 Å². The van der Waals surface area contributed by atoms with Gasteiger partial charge in [-0.1, -0.05) is 58.0 Å². The molecule has 0 saturated carbocycles. The lowest BCUT2D eigenvalue weighted by molar-refractivity contribution is -0.135. The second-order valence-corrected chi connectivity index (χ2v) is 15.0. The number of nitrogens with two attached hydrogens (primary N) is 4. The smallest absolute Gasteiger partial charge is 0.243 e. The van der Waals surface area contributed by atoms with E-state index in [0.717, 1.165) is 0 Å². The maximum atomic E-state index is 14.1. The van der Waals surface area contributed by atoms with Gasteiger partial charge in [0, 0.05) is 26.4 Å². The summed E-state index contributed by atoms with van der Waals surface area (Å²) in [5, 5.41) is 18.2. The van der Waals surface area contributed by atoms with Gasteiger partial charge in [0.05, 0.1) is 19.1 Å². The normalized spacial score (nSPS) is 13.3. The largest absolute Gasteiger partial charge is 0.370 e. The lowest BCUT2D eigenvalue weighted by Gasteiger charge is -2.28. The highest BCUT2D eigenvalue weighted by Gasteiger charge is 2.33. The summed E-state index contributed by atoms with van der Waals surface area (Å²) in [6, 6.07) is 3.17. The molecular weight excluding hydrogens is 779 g/mol. The van der Waals surface area contributed by atoms with Gasteiger partial charge in [-0.25, -0.2) is 0 Å². The molecule has 0 aliphatic rings. The molecule has 1 rings (SSSR count). The van der Waals surface area contributed by atoms with Crippen molar-refractivity contribution in [3.05, 3.63) is 35.9 Å². The fourth-order valence-electron chi connectivity index (χ4n) is 5.81. The van der Waals surface area contributed by atoms with Crippen molar-refractivity contribution in [2.24, 2.45) is 44.8 Å². The Hall–Kier alpha value is -6.28. The van der Waals surface area contributed by atoms with Crippen molar-refractivity contribution in [3.8, 4) is 0 Å². The maximum Gasteiger partial charge on any atom is 0.243 e. The topological polar surface area (TPSA) is 350 Å².